The maximum atomic E-state index is 12.2. The van der Waals surface area contributed by atoms with Gasteiger partial charge in [-0.15, -0.1) is 11.3 Å². The first-order chi connectivity index (χ1) is 10.6. The highest BCUT2D eigenvalue weighted by atomic mass is 35.5. The molecule has 5 nitrogen and oxygen atoms in total. The van der Waals surface area contributed by atoms with Crippen molar-refractivity contribution in [3.05, 3.63) is 68.5 Å². The minimum Gasteiger partial charge on any atom is -0.422 e. The molecular weight excluding hydrogens is 326 g/mol. The maximum absolute atomic E-state index is 12.2. The third kappa shape index (κ3) is 2.66. The van der Waals surface area contributed by atoms with E-state index in [0.29, 0.717) is 9.90 Å². The van der Waals surface area contributed by atoms with Crippen molar-refractivity contribution < 1.29 is 14.5 Å². The van der Waals surface area contributed by atoms with Crippen LogP contribution in [0.15, 0.2) is 48.5 Å². The average Bonchev–Trinajstić information content (AvgIpc) is 2.85. The number of esters is 1. The number of ether oxygens (including phenoxy) is 1. The molecule has 3 aromatic rings. The standard InChI is InChI=1S/C15H8ClNO4S/c16-13-11-3-1-2-4-12(11)22-14(13)15(18)21-10-7-5-9(6-8-10)17(19)20/h1-8H. The Labute approximate surface area is 133 Å². The SMILES string of the molecule is O=C(Oc1ccc([N+](=O)[O-])cc1)c1sc2ccccc2c1Cl. The number of nitro benzene ring substituents is 1. The third-order valence-corrected chi connectivity index (χ3v) is 4.63. The number of rotatable bonds is 3. The van der Waals surface area contributed by atoms with Crippen molar-refractivity contribution in [3.8, 4) is 5.75 Å². The lowest BCUT2D eigenvalue weighted by atomic mass is 10.2. The number of halogens is 1. The number of benzene rings is 2. The van der Waals surface area contributed by atoms with Gasteiger partial charge in [-0.2, -0.15) is 0 Å². The molecule has 0 aliphatic heterocycles. The van der Waals surface area contributed by atoms with E-state index < -0.39 is 10.9 Å². The van der Waals surface area contributed by atoms with Crippen LogP contribution in [0.5, 0.6) is 5.75 Å². The zero-order valence-corrected chi connectivity index (χ0v) is 12.6. The highest BCUT2D eigenvalue weighted by molar-refractivity contribution is 7.21. The van der Waals surface area contributed by atoms with Crippen LogP contribution in [-0.2, 0) is 0 Å². The highest BCUT2D eigenvalue weighted by Gasteiger charge is 2.19. The van der Waals surface area contributed by atoms with Gasteiger partial charge in [0.05, 0.1) is 9.95 Å². The van der Waals surface area contributed by atoms with Gasteiger partial charge >= 0.3 is 5.97 Å². The van der Waals surface area contributed by atoms with Crippen LogP contribution in [0.3, 0.4) is 0 Å². The second-order valence-electron chi connectivity index (χ2n) is 4.38. The third-order valence-electron chi connectivity index (χ3n) is 2.98. The van der Waals surface area contributed by atoms with Gasteiger partial charge in [-0.25, -0.2) is 4.79 Å². The molecule has 1 heterocycles. The van der Waals surface area contributed by atoms with Crippen LogP contribution in [0.2, 0.25) is 5.02 Å². The quantitative estimate of drug-likeness (QED) is 0.302. The van der Waals surface area contributed by atoms with Crippen LogP contribution in [0.25, 0.3) is 10.1 Å². The van der Waals surface area contributed by atoms with E-state index in [2.05, 4.69) is 0 Å². The molecule has 0 unspecified atom stereocenters. The van der Waals surface area contributed by atoms with Crippen molar-refractivity contribution in [1.82, 2.24) is 0 Å². The number of carbonyl (C=O) groups is 1. The molecule has 0 saturated carbocycles. The topological polar surface area (TPSA) is 69.4 Å². The molecule has 0 saturated heterocycles. The first-order valence-electron chi connectivity index (χ1n) is 6.20. The lowest BCUT2D eigenvalue weighted by molar-refractivity contribution is -0.384. The van der Waals surface area contributed by atoms with E-state index in [4.69, 9.17) is 16.3 Å². The summed E-state index contributed by atoms with van der Waals surface area (Å²) >= 11 is 7.45. The molecule has 22 heavy (non-hydrogen) atoms. The fourth-order valence-electron chi connectivity index (χ4n) is 1.93. The largest absolute Gasteiger partial charge is 0.422 e. The van der Waals surface area contributed by atoms with E-state index in [9.17, 15) is 14.9 Å². The molecule has 0 atom stereocenters. The summed E-state index contributed by atoms with van der Waals surface area (Å²) in [7, 11) is 0. The second kappa shape index (κ2) is 5.75. The van der Waals surface area contributed by atoms with Crippen LogP contribution in [0.4, 0.5) is 5.69 Å². The Kier molecular flexibility index (Phi) is 3.79. The fourth-order valence-corrected chi connectivity index (χ4v) is 3.32. The Morgan fingerprint density at radius 3 is 2.45 bits per heavy atom. The zero-order valence-electron chi connectivity index (χ0n) is 11.0. The number of carbonyl (C=O) groups excluding carboxylic acids is 1. The van der Waals surface area contributed by atoms with E-state index in [1.54, 1.807) is 0 Å². The first kappa shape index (κ1) is 14.5. The predicted octanol–water partition coefficient (Wildman–Crippen LogP) is 4.68. The van der Waals surface area contributed by atoms with Gasteiger partial charge in [0, 0.05) is 22.2 Å². The number of fused-ring (bicyclic) bond motifs is 1. The Balaban J connectivity index is 1.87. The number of non-ortho nitro benzene ring substituents is 1. The summed E-state index contributed by atoms with van der Waals surface area (Å²) in [6.45, 7) is 0. The Hall–Kier alpha value is -2.44. The van der Waals surface area contributed by atoms with E-state index in [1.807, 2.05) is 24.3 Å². The molecule has 0 spiro atoms. The molecule has 110 valence electrons. The molecule has 0 aliphatic rings. The van der Waals surface area contributed by atoms with Gasteiger partial charge in [-0.05, 0) is 18.2 Å². The molecular formula is C15H8ClNO4S. The summed E-state index contributed by atoms with van der Waals surface area (Å²) < 4.78 is 6.10. The summed E-state index contributed by atoms with van der Waals surface area (Å²) in [6, 6.07) is 12.7. The minimum atomic E-state index is -0.583. The molecule has 0 radical (unpaired) electrons. The van der Waals surface area contributed by atoms with Crippen LogP contribution in [0, 0.1) is 10.1 Å². The van der Waals surface area contributed by atoms with E-state index in [0.717, 1.165) is 10.1 Å². The van der Waals surface area contributed by atoms with Crippen LogP contribution < -0.4 is 4.74 Å². The second-order valence-corrected chi connectivity index (χ2v) is 5.81. The predicted molar refractivity (Wildman–Crippen MR) is 84.9 cm³/mol. The van der Waals surface area contributed by atoms with Crippen LogP contribution in [-0.4, -0.2) is 10.9 Å². The minimum absolute atomic E-state index is 0.0697. The van der Waals surface area contributed by atoms with Gasteiger partial charge in [0.15, 0.2) is 0 Å². The molecule has 3 rings (SSSR count). The van der Waals surface area contributed by atoms with Gasteiger partial charge in [-0.1, -0.05) is 29.8 Å². The molecule has 0 bridgehead atoms. The van der Waals surface area contributed by atoms with E-state index >= 15 is 0 Å². The summed E-state index contributed by atoms with van der Waals surface area (Å²) in [5.74, 6) is -0.357. The average molecular weight is 334 g/mol. The monoisotopic (exact) mass is 333 g/mol. The molecule has 2 aromatic carbocycles. The normalized spacial score (nSPS) is 10.6. The van der Waals surface area contributed by atoms with Crippen LogP contribution in [0.1, 0.15) is 9.67 Å². The molecule has 7 heteroatoms. The number of hydrogen-bond donors (Lipinski definition) is 0. The number of thiophene rings is 1. The van der Waals surface area contributed by atoms with Gasteiger partial charge in [0.1, 0.15) is 10.6 Å². The van der Waals surface area contributed by atoms with Gasteiger partial charge in [0.25, 0.3) is 5.69 Å². The lowest BCUT2D eigenvalue weighted by Gasteiger charge is -2.02. The smallest absolute Gasteiger partial charge is 0.355 e. The van der Waals surface area contributed by atoms with Crippen molar-refractivity contribution in [2.24, 2.45) is 0 Å². The highest BCUT2D eigenvalue weighted by Crippen LogP contribution is 2.35. The number of hydrogen-bond acceptors (Lipinski definition) is 5. The molecule has 1 aromatic heterocycles. The van der Waals surface area contributed by atoms with E-state index in [1.165, 1.54) is 35.6 Å². The van der Waals surface area contributed by atoms with Crippen molar-refractivity contribution in [2.75, 3.05) is 0 Å². The first-order valence-corrected chi connectivity index (χ1v) is 7.39. The molecule has 0 fully saturated rings. The van der Waals surface area contributed by atoms with Gasteiger partial charge < -0.3 is 4.74 Å². The van der Waals surface area contributed by atoms with Crippen LogP contribution >= 0.6 is 22.9 Å². The summed E-state index contributed by atoms with van der Waals surface area (Å²) in [5.41, 5.74) is -0.0697. The maximum Gasteiger partial charge on any atom is 0.355 e. The summed E-state index contributed by atoms with van der Waals surface area (Å²) in [5, 5.41) is 11.7. The number of nitrogens with zero attached hydrogens (tertiary/aromatic N) is 1. The molecule has 0 aliphatic carbocycles. The summed E-state index contributed by atoms with van der Waals surface area (Å²) in [6.07, 6.45) is 0. The van der Waals surface area contributed by atoms with Crippen molar-refractivity contribution in [3.63, 3.8) is 0 Å². The van der Waals surface area contributed by atoms with E-state index in [-0.39, 0.29) is 11.4 Å². The summed E-state index contributed by atoms with van der Waals surface area (Å²) in [4.78, 5) is 22.6. The van der Waals surface area contributed by atoms with Crippen molar-refractivity contribution >= 4 is 44.7 Å². The van der Waals surface area contributed by atoms with Gasteiger partial charge in [0.2, 0.25) is 0 Å². The number of nitro groups is 1. The molecule has 0 amide bonds. The molecule has 0 N–H and O–H groups in total. The van der Waals surface area contributed by atoms with Crippen molar-refractivity contribution in [2.45, 2.75) is 0 Å². The Bertz CT molecular complexity index is 873. The lowest BCUT2D eigenvalue weighted by Crippen LogP contribution is -2.06. The fraction of sp³-hybridized carbons (Fsp3) is 0. The Morgan fingerprint density at radius 1 is 1.14 bits per heavy atom. The van der Waals surface area contributed by atoms with Crippen molar-refractivity contribution in [1.29, 1.82) is 0 Å². The zero-order chi connectivity index (χ0) is 15.7. The van der Waals surface area contributed by atoms with Gasteiger partial charge in [-0.3, -0.25) is 10.1 Å². The Morgan fingerprint density at radius 2 is 1.82 bits per heavy atom.